The number of aliphatic hydroxyl groups is 1. The van der Waals surface area contributed by atoms with Gasteiger partial charge in [0.25, 0.3) is 0 Å². The summed E-state index contributed by atoms with van der Waals surface area (Å²) in [5, 5.41) is 10.4. The molecule has 0 aromatic heterocycles. The number of amides is 1. The van der Waals surface area contributed by atoms with Gasteiger partial charge in [-0.2, -0.15) is 0 Å². The number of aliphatic hydroxyl groups excluding tert-OH is 1. The maximum atomic E-state index is 13.1. The fourth-order valence-electron chi connectivity index (χ4n) is 5.60. The first-order chi connectivity index (χ1) is 19.0. The highest BCUT2D eigenvalue weighted by Gasteiger charge is 2.42. The van der Waals surface area contributed by atoms with E-state index in [-0.39, 0.29) is 34.8 Å². The summed E-state index contributed by atoms with van der Waals surface area (Å²) in [5.41, 5.74) is 0.191. The standard InChI is InChI=1S/C29H39N3O7S/c1-28(2,3)39-27(34)31-12-10-29(20-33,11-13-31)32-16-14-30(15-17-32)19-22-4-6-23(7-5-22)40(35,36)24-8-9-25-26(18-24)38-21-37-25/h4-9,18,33H,10-17,19-21H2,1-3H3. The molecule has 5 rings (SSSR count). The number of carbonyl (C=O) groups is 1. The monoisotopic (exact) mass is 573 g/mol. The molecule has 1 N–H and O–H groups in total. The number of rotatable bonds is 6. The lowest BCUT2D eigenvalue weighted by Gasteiger charge is -2.50. The van der Waals surface area contributed by atoms with Crippen molar-refractivity contribution in [3.63, 3.8) is 0 Å². The Labute approximate surface area is 236 Å². The molecule has 3 aliphatic heterocycles. The lowest BCUT2D eigenvalue weighted by Crippen LogP contribution is -2.62. The van der Waals surface area contributed by atoms with E-state index in [0.717, 1.165) is 38.3 Å². The van der Waals surface area contributed by atoms with Crippen molar-refractivity contribution in [1.82, 2.24) is 14.7 Å². The molecule has 2 aromatic carbocycles. The summed E-state index contributed by atoms with van der Waals surface area (Å²) in [5.74, 6) is 0.985. The first-order valence-electron chi connectivity index (χ1n) is 13.8. The number of sulfone groups is 1. The number of piperazine rings is 1. The van der Waals surface area contributed by atoms with Gasteiger partial charge >= 0.3 is 6.09 Å². The molecule has 40 heavy (non-hydrogen) atoms. The summed E-state index contributed by atoms with van der Waals surface area (Å²) >= 11 is 0. The molecular formula is C29H39N3O7S. The Morgan fingerprint density at radius 1 is 0.925 bits per heavy atom. The van der Waals surface area contributed by atoms with Gasteiger partial charge < -0.3 is 24.2 Å². The Hall–Kier alpha value is -2.86. The van der Waals surface area contributed by atoms with Crippen molar-refractivity contribution in [3.05, 3.63) is 48.0 Å². The van der Waals surface area contributed by atoms with Gasteiger partial charge in [0.15, 0.2) is 11.5 Å². The molecule has 0 unspecified atom stereocenters. The topological polar surface area (TPSA) is 109 Å². The first-order valence-corrected chi connectivity index (χ1v) is 15.3. The second-order valence-corrected chi connectivity index (χ2v) is 13.7. The van der Waals surface area contributed by atoms with Gasteiger partial charge in [0.05, 0.1) is 16.4 Å². The summed E-state index contributed by atoms with van der Waals surface area (Å²) in [4.78, 5) is 19.3. The Kier molecular flexibility index (Phi) is 8.02. The molecule has 3 heterocycles. The first kappa shape index (κ1) is 28.7. The van der Waals surface area contributed by atoms with Gasteiger partial charge in [-0.1, -0.05) is 12.1 Å². The van der Waals surface area contributed by atoms with Crippen LogP contribution in [0.4, 0.5) is 4.79 Å². The number of hydrogen-bond acceptors (Lipinski definition) is 9. The second kappa shape index (κ2) is 11.2. The zero-order chi connectivity index (χ0) is 28.5. The summed E-state index contributed by atoms with van der Waals surface area (Å²) in [6.07, 6.45) is 1.13. The van der Waals surface area contributed by atoms with E-state index in [9.17, 15) is 18.3 Å². The van der Waals surface area contributed by atoms with E-state index in [1.54, 1.807) is 23.1 Å². The van der Waals surface area contributed by atoms with E-state index in [4.69, 9.17) is 14.2 Å². The second-order valence-electron chi connectivity index (χ2n) is 11.8. The van der Waals surface area contributed by atoms with Crippen LogP contribution in [0.3, 0.4) is 0 Å². The molecule has 10 nitrogen and oxygen atoms in total. The van der Waals surface area contributed by atoms with Gasteiger partial charge in [0.1, 0.15) is 5.60 Å². The van der Waals surface area contributed by atoms with Crippen molar-refractivity contribution in [2.75, 3.05) is 52.7 Å². The Balaban J connectivity index is 1.14. The van der Waals surface area contributed by atoms with E-state index < -0.39 is 15.4 Å². The fraction of sp³-hybridized carbons (Fsp3) is 0.552. The highest BCUT2D eigenvalue weighted by Crippen LogP contribution is 2.36. The molecule has 1 amide bonds. The zero-order valence-electron chi connectivity index (χ0n) is 23.5. The zero-order valence-corrected chi connectivity index (χ0v) is 24.3. The minimum atomic E-state index is -3.67. The van der Waals surface area contributed by atoms with Crippen LogP contribution in [-0.2, 0) is 21.1 Å². The number of ether oxygens (including phenoxy) is 3. The van der Waals surface area contributed by atoms with Gasteiger partial charge in [0, 0.05) is 57.4 Å². The van der Waals surface area contributed by atoms with Crippen LogP contribution < -0.4 is 9.47 Å². The van der Waals surface area contributed by atoms with Gasteiger partial charge in [-0.3, -0.25) is 9.80 Å². The molecule has 3 aliphatic rings. The maximum Gasteiger partial charge on any atom is 0.410 e. The lowest BCUT2D eigenvalue weighted by molar-refractivity contribution is -0.0477. The summed E-state index contributed by atoms with van der Waals surface area (Å²) in [6.45, 7) is 10.9. The molecular weight excluding hydrogens is 534 g/mol. The number of likely N-dealkylation sites (tertiary alicyclic amines) is 1. The van der Waals surface area contributed by atoms with E-state index in [2.05, 4.69) is 9.80 Å². The molecule has 0 aliphatic carbocycles. The highest BCUT2D eigenvalue weighted by atomic mass is 32.2. The number of piperidine rings is 1. The molecule has 2 fully saturated rings. The third kappa shape index (κ3) is 6.07. The molecule has 2 saturated heterocycles. The van der Waals surface area contributed by atoms with Crippen LogP contribution in [0.15, 0.2) is 52.3 Å². The van der Waals surface area contributed by atoms with Crippen molar-refractivity contribution < 1.29 is 32.5 Å². The fourth-order valence-corrected chi connectivity index (χ4v) is 6.87. The molecule has 2 aromatic rings. The predicted molar refractivity (Wildman–Crippen MR) is 148 cm³/mol. The van der Waals surface area contributed by atoms with Crippen LogP contribution in [0.1, 0.15) is 39.2 Å². The highest BCUT2D eigenvalue weighted by molar-refractivity contribution is 7.91. The normalized spacial score (nSPS) is 19.9. The van der Waals surface area contributed by atoms with Crippen LogP contribution in [0.25, 0.3) is 0 Å². The third-order valence-corrected chi connectivity index (χ3v) is 9.74. The molecule has 0 bridgehead atoms. The van der Waals surface area contributed by atoms with Crippen molar-refractivity contribution in [2.45, 2.75) is 61.1 Å². The molecule has 0 spiro atoms. The van der Waals surface area contributed by atoms with E-state index in [1.807, 2.05) is 32.9 Å². The van der Waals surface area contributed by atoms with Gasteiger partial charge in [-0.05, 0) is 63.4 Å². The Morgan fingerprint density at radius 3 is 2.17 bits per heavy atom. The van der Waals surface area contributed by atoms with Crippen LogP contribution in [-0.4, -0.2) is 98.1 Å². The van der Waals surface area contributed by atoms with E-state index in [1.165, 1.54) is 12.1 Å². The van der Waals surface area contributed by atoms with Gasteiger partial charge in [0.2, 0.25) is 16.6 Å². The third-order valence-electron chi connectivity index (χ3n) is 7.98. The summed E-state index contributed by atoms with van der Waals surface area (Å²) < 4.78 is 42.4. The average Bonchev–Trinajstić information content (AvgIpc) is 3.41. The minimum absolute atomic E-state index is 0.0640. The Morgan fingerprint density at radius 2 is 1.55 bits per heavy atom. The largest absolute Gasteiger partial charge is 0.454 e. The predicted octanol–water partition coefficient (Wildman–Crippen LogP) is 3.13. The van der Waals surface area contributed by atoms with Crippen LogP contribution in [0.2, 0.25) is 0 Å². The molecule has 218 valence electrons. The van der Waals surface area contributed by atoms with Gasteiger partial charge in [-0.15, -0.1) is 0 Å². The number of fused-ring (bicyclic) bond motifs is 1. The average molecular weight is 574 g/mol. The van der Waals surface area contributed by atoms with Crippen LogP contribution >= 0.6 is 0 Å². The molecule has 0 atom stereocenters. The van der Waals surface area contributed by atoms with E-state index >= 15 is 0 Å². The number of hydrogen-bond donors (Lipinski definition) is 1. The summed E-state index contributed by atoms with van der Waals surface area (Å²) in [6, 6.07) is 11.7. The number of nitrogens with zero attached hydrogens (tertiary/aromatic N) is 3. The van der Waals surface area contributed by atoms with E-state index in [0.29, 0.717) is 37.4 Å². The van der Waals surface area contributed by atoms with Crippen molar-refractivity contribution in [1.29, 1.82) is 0 Å². The van der Waals surface area contributed by atoms with Gasteiger partial charge in [-0.25, -0.2) is 13.2 Å². The maximum absolute atomic E-state index is 13.1. The SMILES string of the molecule is CC(C)(C)OC(=O)N1CCC(CO)(N2CCN(Cc3ccc(S(=O)(=O)c4ccc5c(c4)OCO5)cc3)CC2)CC1. The van der Waals surface area contributed by atoms with Crippen LogP contribution in [0.5, 0.6) is 11.5 Å². The Bertz CT molecular complexity index is 1310. The minimum Gasteiger partial charge on any atom is -0.454 e. The summed E-state index contributed by atoms with van der Waals surface area (Å²) in [7, 11) is -3.67. The van der Waals surface area contributed by atoms with Crippen molar-refractivity contribution in [3.8, 4) is 11.5 Å². The lowest BCUT2D eigenvalue weighted by atomic mass is 9.86. The quantitative estimate of drug-likeness (QED) is 0.558. The molecule has 0 radical (unpaired) electrons. The van der Waals surface area contributed by atoms with Crippen molar-refractivity contribution >= 4 is 15.9 Å². The smallest absolute Gasteiger partial charge is 0.410 e. The molecule has 0 saturated carbocycles. The number of benzene rings is 2. The van der Waals surface area contributed by atoms with Crippen molar-refractivity contribution in [2.24, 2.45) is 0 Å². The van der Waals surface area contributed by atoms with Crippen LogP contribution in [0, 0.1) is 0 Å². The molecule has 11 heteroatoms. The number of carbonyl (C=O) groups excluding carboxylic acids is 1.